The normalized spacial score (nSPS) is 11.7. The first-order valence-electron chi connectivity index (χ1n) is 6.19. The number of nitro benzene ring substituents is 1. The van der Waals surface area contributed by atoms with Crippen LogP contribution >= 0.6 is 11.8 Å². The second kappa shape index (κ2) is 8.25. The van der Waals surface area contributed by atoms with Crippen LogP contribution in [0.4, 0.5) is 5.69 Å². The maximum absolute atomic E-state index is 11.9. The predicted octanol–water partition coefficient (Wildman–Crippen LogP) is 1.46. The average Bonchev–Trinajstić information content (AvgIpc) is 2.43. The minimum Gasteiger partial charge on any atom is -0.480 e. The van der Waals surface area contributed by atoms with Crippen LogP contribution < -0.4 is 5.32 Å². The number of carbonyl (C=O) groups excluding carboxylic acids is 1. The van der Waals surface area contributed by atoms with Gasteiger partial charge in [0.1, 0.15) is 6.04 Å². The molecule has 1 amide bonds. The van der Waals surface area contributed by atoms with E-state index in [9.17, 15) is 19.7 Å². The Morgan fingerprint density at radius 2 is 2.10 bits per heavy atom. The van der Waals surface area contributed by atoms with E-state index >= 15 is 0 Å². The highest BCUT2D eigenvalue weighted by molar-refractivity contribution is 7.98. The maximum Gasteiger partial charge on any atom is 0.326 e. The molecule has 0 aliphatic carbocycles. The quantitative estimate of drug-likeness (QED) is 0.555. The predicted molar refractivity (Wildman–Crippen MR) is 79.4 cm³/mol. The molecular weight excluding hydrogens is 296 g/mol. The van der Waals surface area contributed by atoms with E-state index in [4.69, 9.17) is 5.11 Å². The number of thioether (sulfide) groups is 1. The number of carbonyl (C=O) groups is 2. The van der Waals surface area contributed by atoms with Gasteiger partial charge < -0.3 is 10.4 Å². The first-order chi connectivity index (χ1) is 9.95. The van der Waals surface area contributed by atoms with Gasteiger partial charge in [0.25, 0.3) is 5.69 Å². The molecule has 0 unspecified atom stereocenters. The Morgan fingerprint density at radius 1 is 1.43 bits per heavy atom. The van der Waals surface area contributed by atoms with Gasteiger partial charge in [-0.2, -0.15) is 11.8 Å². The monoisotopic (exact) mass is 312 g/mol. The highest BCUT2D eigenvalue weighted by atomic mass is 32.2. The molecule has 2 N–H and O–H groups in total. The summed E-state index contributed by atoms with van der Waals surface area (Å²) in [4.78, 5) is 33.2. The van der Waals surface area contributed by atoms with Gasteiger partial charge in [0.2, 0.25) is 5.91 Å². The fourth-order valence-corrected chi connectivity index (χ4v) is 2.22. The van der Waals surface area contributed by atoms with E-state index in [1.54, 1.807) is 6.07 Å². The van der Waals surface area contributed by atoms with E-state index in [1.165, 1.54) is 30.0 Å². The van der Waals surface area contributed by atoms with Crippen molar-refractivity contribution in [1.82, 2.24) is 5.32 Å². The SMILES string of the molecule is CSCC[C@@H](NC(=O)Cc1ccccc1[N+](=O)[O-])C(=O)O. The van der Waals surface area contributed by atoms with Gasteiger partial charge in [0.15, 0.2) is 0 Å². The summed E-state index contributed by atoms with van der Waals surface area (Å²) < 4.78 is 0. The van der Waals surface area contributed by atoms with Crippen molar-refractivity contribution in [1.29, 1.82) is 0 Å². The summed E-state index contributed by atoms with van der Waals surface area (Å²) in [7, 11) is 0. The van der Waals surface area contributed by atoms with Crippen LogP contribution in [-0.2, 0) is 16.0 Å². The van der Waals surface area contributed by atoms with E-state index in [0.717, 1.165) is 0 Å². The first kappa shape index (κ1) is 17.0. The van der Waals surface area contributed by atoms with Crippen LogP contribution in [0.3, 0.4) is 0 Å². The largest absolute Gasteiger partial charge is 0.480 e. The molecule has 0 heterocycles. The summed E-state index contributed by atoms with van der Waals surface area (Å²) in [6, 6.07) is 4.92. The number of para-hydroxylation sites is 1. The maximum atomic E-state index is 11.9. The van der Waals surface area contributed by atoms with Gasteiger partial charge in [-0.15, -0.1) is 0 Å². The Hall–Kier alpha value is -2.09. The molecule has 8 heteroatoms. The van der Waals surface area contributed by atoms with Crippen LogP contribution in [0.1, 0.15) is 12.0 Å². The molecule has 1 rings (SSSR count). The third-order valence-electron chi connectivity index (χ3n) is 2.78. The lowest BCUT2D eigenvalue weighted by molar-refractivity contribution is -0.385. The van der Waals surface area contributed by atoms with Crippen LogP contribution in [0.5, 0.6) is 0 Å². The van der Waals surface area contributed by atoms with Gasteiger partial charge in [0.05, 0.1) is 11.3 Å². The number of nitrogens with zero attached hydrogens (tertiary/aromatic N) is 1. The number of nitro groups is 1. The zero-order chi connectivity index (χ0) is 15.8. The van der Waals surface area contributed by atoms with Gasteiger partial charge >= 0.3 is 5.97 Å². The van der Waals surface area contributed by atoms with E-state index in [-0.39, 0.29) is 17.7 Å². The number of nitrogens with one attached hydrogen (secondary N) is 1. The smallest absolute Gasteiger partial charge is 0.326 e. The Labute approximate surface area is 125 Å². The molecule has 0 aliphatic heterocycles. The Kier molecular flexibility index (Phi) is 6.67. The highest BCUT2D eigenvalue weighted by Gasteiger charge is 2.21. The fraction of sp³-hybridized carbons (Fsp3) is 0.385. The summed E-state index contributed by atoms with van der Waals surface area (Å²) in [5.41, 5.74) is 0.109. The summed E-state index contributed by atoms with van der Waals surface area (Å²) in [5.74, 6) is -1.05. The highest BCUT2D eigenvalue weighted by Crippen LogP contribution is 2.18. The molecule has 7 nitrogen and oxygen atoms in total. The summed E-state index contributed by atoms with van der Waals surface area (Å²) in [6.07, 6.45) is 1.92. The van der Waals surface area contributed by atoms with Gasteiger partial charge in [-0.3, -0.25) is 14.9 Å². The van der Waals surface area contributed by atoms with E-state index in [1.807, 2.05) is 6.26 Å². The second-order valence-electron chi connectivity index (χ2n) is 4.30. The molecule has 1 aromatic rings. The minimum absolute atomic E-state index is 0.149. The van der Waals surface area contributed by atoms with Crippen molar-refractivity contribution in [2.24, 2.45) is 0 Å². The standard InChI is InChI=1S/C13H16N2O5S/c1-21-7-6-10(13(17)18)14-12(16)8-9-4-2-3-5-11(9)15(19)20/h2-5,10H,6-8H2,1H3,(H,14,16)(H,17,18)/t10-/m1/s1. The van der Waals surface area contributed by atoms with Crippen molar-refractivity contribution < 1.29 is 19.6 Å². The lowest BCUT2D eigenvalue weighted by Gasteiger charge is -2.13. The number of aliphatic carboxylic acids is 1. The number of rotatable bonds is 8. The number of hydrogen-bond acceptors (Lipinski definition) is 5. The molecule has 0 saturated carbocycles. The van der Waals surface area contributed by atoms with Crippen molar-refractivity contribution >= 4 is 29.3 Å². The number of hydrogen-bond donors (Lipinski definition) is 2. The molecule has 0 aromatic heterocycles. The molecule has 1 aromatic carbocycles. The lowest BCUT2D eigenvalue weighted by atomic mass is 10.1. The molecule has 0 bridgehead atoms. The number of amides is 1. The molecule has 0 aliphatic rings. The fourth-order valence-electron chi connectivity index (χ4n) is 1.75. The van der Waals surface area contributed by atoms with Gasteiger partial charge in [-0.05, 0) is 18.4 Å². The summed E-state index contributed by atoms with van der Waals surface area (Å²) >= 11 is 1.48. The Balaban J connectivity index is 2.72. The topological polar surface area (TPSA) is 110 Å². The zero-order valence-corrected chi connectivity index (χ0v) is 12.3. The molecule has 21 heavy (non-hydrogen) atoms. The molecule has 0 fully saturated rings. The minimum atomic E-state index is -1.11. The average molecular weight is 312 g/mol. The molecular formula is C13H16N2O5S. The van der Waals surface area contributed by atoms with Gasteiger partial charge in [0, 0.05) is 11.6 Å². The van der Waals surface area contributed by atoms with Crippen LogP contribution in [0, 0.1) is 10.1 Å². The van der Waals surface area contributed by atoms with Crippen molar-refractivity contribution in [3.05, 3.63) is 39.9 Å². The lowest BCUT2D eigenvalue weighted by Crippen LogP contribution is -2.41. The second-order valence-corrected chi connectivity index (χ2v) is 5.29. The Morgan fingerprint density at radius 3 is 2.67 bits per heavy atom. The summed E-state index contributed by atoms with van der Waals surface area (Å²) in [5, 5.41) is 22.3. The van der Waals surface area contributed by atoms with Crippen molar-refractivity contribution in [2.75, 3.05) is 12.0 Å². The van der Waals surface area contributed by atoms with Crippen LogP contribution in [0.25, 0.3) is 0 Å². The van der Waals surface area contributed by atoms with Crippen molar-refractivity contribution in [3.8, 4) is 0 Å². The third kappa shape index (κ3) is 5.42. The number of carboxylic acid groups (broad SMARTS) is 1. The van der Waals surface area contributed by atoms with Crippen molar-refractivity contribution in [2.45, 2.75) is 18.9 Å². The Bertz CT molecular complexity index is 535. The molecule has 1 atom stereocenters. The summed E-state index contributed by atoms with van der Waals surface area (Å²) in [6.45, 7) is 0. The van der Waals surface area contributed by atoms with Crippen LogP contribution in [0.2, 0.25) is 0 Å². The van der Waals surface area contributed by atoms with E-state index in [2.05, 4.69) is 5.32 Å². The van der Waals surface area contributed by atoms with Crippen LogP contribution in [-0.4, -0.2) is 40.0 Å². The molecule has 0 radical (unpaired) electrons. The molecule has 0 saturated heterocycles. The van der Waals surface area contributed by atoms with Gasteiger partial charge in [-0.25, -0.2) is 4.79 Å². The number of benzene rings is 1. The number of carboxylic acids is 1. The van der Waals surface area contributed by atoms with Gasteiger partial charge in [-0.1, -0.05) is 18.2 Å². The van der Waals surface area contributed by atoms with Crippen molar-refractivity contribution in [3.63, 3.8) is 0 Å². The van der Waals surface area contributed by atoms with Crippen LogP contribution in [0.15, 0.2) is 24.3 Å². The zero-order valence-electron chi connectivity index (χ0n) is 11.4. The van der Waals surface area contributed by atoms with E-state index in [0.29, 0.717) is 12.2 Å². The molecule has 114 valence electrons. The third-order valence-corrected chi connectivity index (χ3v) is 3.43. The molecule has 0 spiro atoms. The van der Waals surface area contributed by atoms with E-state index < -0.39 is 22.8 Å². The first-order valence-corrected chi connectivity index (χ1v) is 7.58.